The van der Waals surface area contributed by atoms with Crippen LogP contribution < -0.4 is 5.11 Å². The van der Waals surface area contributed by atoms with Gasteiger partial charge in [-0.15, -0.1) is 0 Å². The van der Waals surface area contributed by atoms with E-state index in [2.05, 4.69) is 111 Å². The van der Waals surface area contributed by atoms with Crippen LogP contribution >= 0.6 is 0 Å². The van der Waals surface area contributed by atoms with E-state index in [0.29, 0.717) is 12.8 Å². The van der Waals surface area contributed by atoms with Gasteiger partial charge in [0.1, 0.15) is 12.6 Å². The maximum Gasteiger partial charge on any atom is 0.306 e. The van der Waals surface area contributed by atoms with Crippen molar-refractivity contribution in [3.05, 3.63) is 97.2 Å². The Morgan fingerprint density at radius 1 is 0.484 bits per heavy atom. The smallest absolute Gasteiger partial charge is 0.306 e. The maximum absolute atomic E-state index is 12.8. The van der Waals surface area contributed by atoms with Gasteiger partial charge in [-0.05, 0) is 96.3 Å². The highest BCUT2D eigenvalue weighted by Gasteiger charge is 2.25. The summed E-state index contributed by atoms with van der Waals surface area (Å²) in [5, 5.41) is 11.7. The predicted octanol–water partition coefficient (Wildman–Crippen LogP) is 13.3. The molecule has 0 bridgehead atoms. The standard InChI is InChI=1S/C56H93NO7/c1-6-8-10-12-14-16-18-20-22-24-26-27-29-31-33-35-37-39-41-43-45-47-55(59)64-52(50-62-49-48-53(56(60)61)57(3,4)5)51-63-54(58)46-44-42-40-38-36-34-32-30-28-25-23-21-19-17-15-13-11-9-7-2/h9,11,14-17,20-23,26-27,31,33,37,39,52-53H,6-8,10,12-13,18-19,24-25,28-30,32,34-36,38,40-51H2,1-5H3/b11-9+,16-14+,17-15+,22-20+,23-21+,27-26+,33-31+,39-37+. The highest BCUT2D eigenvalue weighted by Crippen LogP contribution is 2.13. The van der Waals surface area contributed by atoms with Crippen molar-refractivity contribution in [1.82, 2.24) is 0 Å². The van der Waals surface area contributed by atoms with Crippen LogP contribution in [0.4, 0.5) is 0 Å². The molecule has 364 valence electrons. The van der Waals surface area contributed by atoms with Gasteiger partial charge in [-0.1, -0.05) is 169 Å². The monoisotopic (exact) mass is 892 g/mol. The Hall–Kier alpha value is -3.75. The van der Waals surface area contributed by atoms with E-state index >= 15 is 0 Å². The molecule has 0 radical (unpaired) electrons. The van der Waals surface area contributed by atoms with Crippen molar-refractivity contribution in [2.45, 2.75) is 199 Å². The SMILES string of the molecule is CC/C=C/C/C=C/C/C=C/CCCCCCCCCCCC(=O)OCC(COCCC(C(=O)[O-])[N+](C)(C)C)OC(=O)CCCC/C=C/C/C=C/C/C=C/C/C=C/C/C=C/CCCCC. The van der Waals surface area contributed by atoms with Gasteiger partial charge in [0.15, 0.2) is 6.10 Å². The molecular formula is C56H93NO7. The number of carbonyl (C=O) groups is 3. The summed E-state index contributed by atoms with van der Waals surface area (Å²) in [5.74, 6) is -1.81. The van der Waals surface area contributed by atoms with E-state index in [1.807, 2.05) is 0 Å². The number of likely N-dealkylation sites (N-methyl/N-ethyl adjacent to an activating group) is 1. The molecule has 0 N–H and O–H groups in total. The molecule has 0 aromatic rings. The van der Waals surface area contributed by atoms with Crippen molar-refractivity contribution >= 4 is 17.9 Å². The second-order valence-corrected chi connectivity index (χ2v) is 17.7. The molecule has 0 rings (SSSR count). The van der Waals surface area contributed by atoms with Crippen molar-refractivity contribution in [1.29, 1.82) is 0 Å². The second kappa shape index (κ2) is 45.8. The number of carbonyl (C=O) groups excluding carboxylic acids is 3. The summed E-state index contributed by atoms with van der Waals surface area (Å²) in [6.07, 6.45) is 61.5. The van der Waals surface area contributed by atoms with Crippen LogP contribution in [0.1, 0.15) is 187 Å². The highest BCUT2D eigenvalue weighted by atomic mass is 16.6. The number of nitrogens with zero attached hydrogens (tertiary/aromatic N) is 1. The zero-order valence-corrected chi connectivity index (χ0v) is 41.4. The third-order valence-electron chi connectivity index (χ3n) is 10.7. The van der Waals surface area contributed by atoms with Crippen LogP contribution in [-0.2, 0) is 28.6 Å². The van der Waals surface area contributed by atoms with Gasteiger partial charge in [0.25, 0.3) is 0 Å². The maximum atomic E-state index is 12.8. The third-order valence-corrected chi connectivity index (χ3v) is 10.7. The van der Waals surface area contributed by atoms with Gasteiger partial charge < -0.3 is 28.6 Å². The van der Waals surface area contributed by atoms with Crippen molar-refractivity contribution in [2.75, 3.05) is 41.0 Å². The molecule has 8 nitrogen and oxygen atoms in total. The molecule has 0 saturated heterocycles. The number of hydrogen-bond acceptors (Lipinski definition) is 7. The summed E-state index contributed by atoms with van der Waals surface area (Å²) >= 11 is 0. The van der Waals surface area contributed by atoms with Gasteiger partial charge in [-0.25, -0.2) is 0 Å². The van der Waals surface area contributed by atoms with Gasteiger partial charge in [-0.2, -0.15) is 0 Å². The lowest BCUT2D eigenvalue weighted by molar-refractivity contribution is -0.889. The number of unbranched alkanes of at least 4 members (excludes halogenated alkanes) is 14. The number of aliphatic carboxylic acids is 1. The Kier molecular flexibility index (Phi) is 43.1. The summed E-state index contributed by atoms with van der Waals surface area (Å²) in [5.41, 5.74) is 0. The largest absolute Gasteiger partial charge is 0.544 e. The van der Waals surface area contributed by atoms with Crippen molar-refractivity contribution in [2.24, 2.45) is 0 Å². The quantitative estimate of drug-likeness (QED) is 0.0260. The van der Waals surface area contributed by atoms with Crippen LogP contribution in [0.15, 0.2) is 97.2 Å². The predicted molar refractivity (Wildman–Crippen MR) is 268 cm³/mol. The molecule has 0 heterocycles. The molecule has 0 spiro atoms. The molecule has 0 aliphatic rings. The van der Waals surface area contributed by atoms with E-state index in [-0.39, 0.29) is 49.1 Å². The first-order valence-electron chi connectivity index (χ1n) is 25.3. The van der Waals surface area contributed by atoms with Crippen LogP contribution in [0.3, 0.4) is 0 Å². The Labute approximate surface area is 392 Å². The van der Waals surface area contributed by atoms with Crippen molar-refractivity contribution in [3.8, 4) is 0 Å². The fourth-order valence-corrected chi connectivity index (χ4v) is 6.81. The van der Waals surface area contributed by atoms with Crippen molar-refractivity contribution < 1.29 is 38.2 Å². The molecular weight excluding hydrogens is 799 g/mol. The number of hydrogen-bond donors (Lipinski definition) is 0. The first-order valence-corrected chi connectivity index (χ1v) is 25.3. The van der Waals surface area contributed by atoms with Gasteiger partial charge in [0.05, 0.1) is 40.3 Å². The molecule has 8 heteroatoms. The van der Waals surface area contributed by atoms with Crippen LogP contribution in [0.2, 0.25) is 0 Å². The molecule has 2 atom stereocenters. The number of ether oxygens (including phenoxy) is 3. The van der Waals surface area contributed by atoms with E-state index < -0.39 is 18.1 Å². The zero-order chi connectivity index (χ0) is 47.0. The lowest BCUT2D eigenvalue weighted by Gasteiger charge is -2.34. The minimum Gasteiger partial charge on any atom is -0.544 e. The fraction of sp³-hybridized carbons (Fsp3) is 0.661. The Bertz CT molecular complexity index is 1360. The Balaban J connectivity index is 4.38. The van der Waals surface area contributed by atoms with E-state index in [1.54, 1.807) is 21.1 Å². The number of esters is 2. The van der Waals surface area contributed by atoms with Gasteiger partial charge in [0, 0.05) is 19.3 Å². The molecule has 0 aliphatic heterocycles. The van der Waals surface area contributed by atoms with Crippen LogP contribution in [-0.4, -0.2) is 75.5 Å². The van der Waals surface area contributed by atoms with Gasteiger partial charge in [0.2, 0.25) is 0 Å². The third kappa shape index (κ3) is 43.5. The molecule has 0 amide bonds. The summed E-state index contributed by atoms with van der Waals surface area (Å²) in [6, 6.07) is -0.741. The number of allylic oxidation sites excluding steroid dienone is 16. The van der Waals surface area contributed by atoms with Gasteiger partial charge >= 0.3 is 11.9 Å². The minimum absolute atomic E-state index is 0.0157. The lowest BCUT2D eigenvalue weighted by Crippen LogP contribution is -2.55. The number of carboxylic acid groups (broad SMARTS) is 1. The van der Waals surface area contributed by atoms with Crippen molar-refractivity contribution in [3.63, 3.8) is 0 Å². The molecule has 0 aromatic carbocycles. The minimum atomic E-state index is -1.14. The topological polar surface area (TPSA) is 102 Å². The fourth-order valence-electron chi connectivity index (χ4n) is 6.81. The lowest BCUT2D eigenvalue weighted by atomic mass is 10.1. The average Bonchev–Trinajstić information content (AvgIpc) is 3.26. The number of rotatable bonds is 44. The highest BCUT2D eigenvalue weighted by molar-refractivity contribution is 5.70. The Morgan fingerprint density at radius 2 is 0.875 bits per heavy atom. The summed E-state index contributed by atoms with van der Waals surface area (Å²) in [6.45, 7) is 4.47. The molecule has 0 fully saturated rings. The van der Waals surface area contributed by atoms with E-state index in [0.717, 1.165) is 83.5 Å². The van der Waals surface area contributed by atoms with Crippen LogP contribution in [0.5, 0.6) is 0 Å². The number of carboxylic acids is 1. The molecule has 0 saturated carbocycles. The zero-order valence-electron chi connectivity index (χ0n) is 41.4. The van der Waals surface area contributed by atoms with E-state index in [9.17, 15) is 19.5 Å². The normalized spacial score (nSPS) is 13.7. The summed E-state index contributed by atoms with van der Waals surface area (Å²) in [4.78, 5) is 37.0. The number of quaternary nitrogens is 1. The molecule has 0 aliphatic carbocycles. The molecule has 0 aromatic heterocycles. The summed E-state index contributed by atoms with van der Waals surface area (Å²) in [7, 11) is 5.39. The van der Waals surface area contributed by atoms with Crippen LogP contribution in [0, 0.1) is 0 Å². The first-order chi connectivity index (χ1) is 31.1. The second-order valence-electron chi connectivity index (χ2n) is 17.7. The van der Waals surface area contributed by atoms with E-state index in [1.165, 1.54) is 64.2 Å². The Morgan fingerprint density at radius 3 is 1.33 bits per heavy atom. The summed E-state index contributed by atoms with van der Waals surface area (Å²) < 4.78 is 17.2. The molecule has 2 unspecified atom stereocenters. The van der Waals surface area contributed by atoms with Gasteiger partial charge in [-0.3, -0.25) is 9.59 Å². The first kappa shape index (κ1) is 60.2. The molecule has 64 heavy (non-hydrogen) atoms. The average molecular weight is 892 g/mol. The van der Waals surface area contributed by atoms with E-state index in [4.69, 9.17) is 14.2 Å². The van der Waals surface area contributed by atoms with Crippen LogP contribution in [0.25, 0.3) is 0 Å².